The van der Waals surface area contributed by atoms with Gasteiger partial charge in [-0.2, -0.15) is 12.6 Å². The van der Waals surface area contributed by atoms with Gasteiger partial charge in [0.15, 0.2) is 0 Å². The van der Waals surface area contributed by atoms with E-state index in [1.54, 1.807) is 14.2 Å². The number of ether oxygens (including phenoxy) is 2. The van der Waals surface area contributed by atoms with E-state index in [0.717, 1.165) is 29.2 Å². The largest absolute Gasteiger partial charge is 0.496 e. The summed E-state index contributed by atoms with van der Waals surface area (Å²) in [6.45, 7) is 7.20. The summed E-state index contributed by atoms with van der Waals surface area (Å²) in [6.07, 6.45) is 0. The minimum absolute atomic E-state index is 0.0466. The average molecular weight is 269 g/mol. The van der Waals surface area contributed by atoms with Gasteiger partial charge in [0.25, 0.3) is 0 Å². The Kier molecular flexibility index (Phi) is 5.35. The lowest BCUT2D eigenvalue weighted by molar-refractivity contribution is 0.378. The summed E-state index contributed by atoms with van der Waals surface area (Å²) in [5.74, 6) is 2.46. The predicted octanol–water partition coefficient (Wildman–Crippen LogP) is 2.77. The molecule has 0 aliphatic carbocycles. The molecule has 0 amide bonds. The van der Waals surface area contributed by atoms with E-state index in [0.29, 0.717) is 5.88 Å². The van der Waals surface area contributed by atoms with Crippen LogP contribution in [0, 0.1) is 6.92 Å². The van der Waals surface area contributed by atoms with E-state index in [2.05, 4.69) is 37.9 Å². The van der Waals surface area contributed by atoms with Crippen LogP contribution in [0.3, 0.4) is 0 Å². The number of rotatable bonds is 6. The molecule has 0 atom stereocenters. The molecule has 0 aliphatic rings. The van der Waals surface area contributed by atoms with Gasteiger partial charge in [-0.15, -0.1) is 0 Å². The van der Waals surface area contributed by atoms with Gasteiger partial charge in [0.1, 0.15) is 11.5 Å². The molecule has 0 unspecified atom stereocenters. The maximum Gasteiger partial charge on any atom is 0.123 e. The van der Waals surface area contributed by atoms with Crippen LogP contribution in [-0.2, 0) is 5.41 Å². The Labute approximate surface area is 115 Å². The van der Waals surface area contributed by atoms with Crippen LogP contribution in [-0.4, -0.2) is 26.6 Å². The van der Waals surface area contributed by atoms with Gasteiger partial charge in [0, 0.05) is 23.4 Å². The molecule has 1 aromatic carbocycles. The van der Waals surface area contributed by atoms with Crippen molar-refractivity contribution in [2.24, 2.45) is 0 Å². The van der Waals surface area contributed by atoms with Crippen molar-refractivity contribution in [2.45, 2.75) is 26.2 Å². The van der Waals surface area contributed by atoms with E-state index in [1.807, 2.05) is 13.0 Å². The van der Waals surface area contributed by atoms with Crippen LogP contribution in [0.5, 0.6) is 11.5 Å². The summed E-state index contributed by atoms with van der Waals surface area (Å²) < 4.78 is 10.9. The molecule has 0 heterocycles. The molecule has 102 valence electrons. The Morgan fingerprint density at radius 3 is 2.28 bits per heavy atom. The molecule has 0 radical (unpaired) electrons. The lowest BCUT2D eigenvalue weighted by Gasteiger charge is -2.28. The summed E-state index contributed by atoms with van der Waals surface area (Å²) in [6, 6.07) is 4.09. The second kappa shape index (κ2) is 6.34. The van der Waals surface area contributed by atoms with E-state index in [-0.39, 0.29) is 5.41 Å². The van der Waals surface area contributed by atoms with Crippen molar-refractivity contribution < 1.29 is 9.47 Å². The van der Waals surface area contributed by atoms with Crippen LogP contribution in [0.15, 0.2) is 12.1 Å². The van der Waals surface area contributed by atoms with Crippen molar-refractivity contribution in [1.82, 2.24) is 5.32 Å². The molecule has 0 saturated carbocycles. The molecule has 3 nitrogen and oxygen atoms in total. The van der Waals surface area contributed by atoms with Crippen molar-refractivity contribution in [2.75, 3.05) is 26.6 Å². The monoisotopic (exact) mass is 269 g/mol. The minimum atomic E-state index is -0.0466. The van der Waals surface area contributed by atoms with Gasteiger partial charge in [-0.05, 0) is 24.6 Å². The van der Waals surface area contributed by atoms with Crippen LogP contribution in [0.2, 0.25) is 0 Å². The highest BCUT2D eigenvalue weighted by molar-refractivity contribution is 7.80. The Hall–Kier alpha value is -0.870. The van der Waals surface area contributed by atoms with Crippen LogP contribution in [0.1, 0.15) is 25.0 Å². The number of benzene rings is 1. The fourth-order valence-electron chi connectivity index (χ4n) is 2.04. The van der Waals surface area contributed by atoms with Gasteiger partial charge in [-0.1, -0.05) is 13.8 Å². The van der Waals surface area contributed by atoms with Crippen molar-refractivity contribution in [1.29, 1.82) is 0 Å². The second-order valence-electron chi connectivity index (χ2n) is 4.99. The molecule has 0 spiro atoms. The van der Waals surface area contributed by atoms with Crippen LogP contribution in [0.4, 0.5) is 0 Å². The Balaban J connectivity index is 3.20. The molecule has 1 N–H and O–H groups in total. The number of methoxy groups -OCH3 is 2. The third-order valence-corrected chi connectivity index (χ3v) is 3.35. The lowest BCUT2D eigenvalue weighted by atomic mass is 9.83. The molecule has 0 saturated heterocycles. The standard InChI is InChI=1S/C14H23NO2S/c1-10-6-13(17-5)11(7-12(10)16-4)14(2,3)8-15-9-18/h6-7,15,18H,8-9H2,1-5H3. The van der Waals surface area contributed by atoms with E-state index in [9.17, 15) is 0 Å². The minimum Gasteiger partial charge on any atom is -0.496 e. The topological polar surface area (TPSA) is 30.5 Å². The summed E-state index contributed by atoms with van der Waals surface area (Å²) in [7, 11) is 3.39. The smallest absolute Gasteiger partial charge is 0.123 e. The highest BCUT2D eigenvalue weighted by Crippen LogP contribution is 2.36. The van der Waals surface area contributed by atoms with Crippen LogP contribution >= 0.6 is 12.6 Å². The molecule has 1 aromatic rings. The van der Waals surface area contributed by atoms with Crippen molar-refractivity contribution >= 4 is 12.6 Å². The molecule has 18 heavy (non-hydrogen) atoms. The van der Waals surface area contributed by atoms with Gasteiger partial charge in [-0.25, -0.2) is 0 Å². The van der Waals surface area contributed by atoms with Crippen molar-refractivity contribution in [3.63, 3.8) is 0 Å². The molecule has 1 rings (SSSR count). The van der Waals surface area contributed by atoms with E-state index in [1.165, 1.54) is 0 Å². The van der Waals surface area contributed by atoms with Crippen LogP contribution < -0.4 is 14.8 Å². The van der Waals surface area contributed by atoms with E-state index in [4.69, 9.17) is 9.47 Å². The molecule has 0 bridgehead atoms. The fraction of sp³-hybridized carbons (Fsp3) is 0.571. The third-order valence-electron chi connectivity index (χ3n) is 3.12. The number of hydrogen-bond donors (Lipinski definition) is 2. The number of hydrogen-bond acceptors (Lipinski definition) is 4. The number of aryl methyl sites for hydroxylation is 1. The lowest BCUT2D eigenvalue weighted by Crippen LogP contribution is -2.32. The predicted molar refractivity (Wildman–Crippen MR) is 79.2 cm³/mol. The summed E-state index contributed by atoms with van der Waals surface area (Å²) in [4.78, 5) is 0. The summed E-state index contributed by atoms with van der Waals surface area (Å²) >= 11 is 4.18. The zero-order chi connectivity index (χ0) is 13.8. The van der Waals surface area contributed by atoms with E-state index < -0.39 is 0 Å². The highest BCUT2D eigenvalue weighted by atomic mass is 32.1. The maximum atomic E-state index is 5.49. The average Bonchev–Trinajstić information content (AvgIpc) is 2.35. The summed E-state index contributed by atoms with van der Waals surface area (Å²) in [5.41, 5.74) is 2.17. The van der Waals surface area contributed by atoms with Crippen molar-refractivity contribution in [3.05, 3.63) is 23.3 Å². The quantitative estimate of drug-likeness (QED) is 0.615. The van der Waals surface area contributed by atoms with Crippen LogP contribution in [0.25, 0.3) is 0 Å². The Bertz CT molecular complexity index is 405. The maximum absolute atomic E-state index is 5.49. The SMILES string of the molecule is COc1cc(C(C)(C)CNCS)c(OC)cc1C. The number of thiol groups is 1. The fourth-order valence-corrected chi connectivity index (χ4v) is 2.15. The zero-order valence-corrected chi connectivity index (χ0v) is 12.7. The molecule has 0 fully saturated rings. The number of nitrogens with one attached hydrogen (secondary N) is 1. The zero-order valence-electron chi connectivity index (χ0n) is 11.8. The third kappa shape index (κ3) is 3.33. The first-order valence-electron chi connectivity index (χ1n) is 6.01. The summed E-state index contributed by atoms with van der Waals surface area (Å²) in [5, 5.41) is 3.26. The normalized spacial score (nSPS) is 11.4. The molecular weight excluding hydrogens is 246 g/mol. The molecular formula is C14H23NO2S. The van der Waals surface area contributed by atoms with Gasteiger partial charge in [0.05, 0.1) is 14.2 Å². The highest BCUT2D eigenvalue weighted by Gasteiger charge is 2.25. The first-order valence-corrected chi connectivity index (χ1v) is 6.64. The second-order valence-corrected chi connectivity index (χ2v) is 5.31. The van der Waals surface area contributed by atoms with E-state index >= 15 is 0 Å². The molecule has 4 heteroatoms. The first-order chi connectivity index (χ1) is 8.46. The van der Waals surface area contributed by atoms with Gasteiger partial charge < -0.3 is 14.8 Å². The Morgan fingerprint density at radius 1 is 1.17 bits per heavy atom. The first kappa shape index (κ1) is 15.2. The molecule has 0 aromatic heterocycles. The van der Waals surface area contributed by atoms with Gasteiger partial charge >= 0.3 is 0 Å². The van der Waals surface area contributed by atoms with Crippen molar-refractivity contribution in [3.8, 4) is 11.5 Å². The van der Waals surface area contributed by atoms with Gasteiger partial charge in [0.2, 0.25) is 0 Å². The Morgan fingerprint density at radius 2 is 1.78 bits per heavy atom. The molecule has 0 aliphatic heterocycles. The van der Waals surface area contributed by atoms with Gasteiger partial charge in [-0.3, -0.25) is 0 Å².